The van der Waals surface area contributed by atoms with Crippen molar-refractivity contribution in [3.63, 3.8) is 0 Å². The van der Waals surface area contributed by atoms with Gasteiger partial charge in [0.15, 0.2) is 0 Å². The summed E-state index contributed by atoms with van der Waals surface area (Å²) in [6.45, 7) is 0.416. The summed E-state index contributed by atoms with van der Waals surface area (Å²) in [6.07, 6.45) is 3.45. The van der Waals surface area contributed by atoms with Crippen LogP contribution in [0.2, 0.25) is 10.0 Å². The Morgan fingerprint density at radius 1 is 1.25 bits per heavy atom. The van der Waals surface area contributed by atoms with Crippen LogP contribution < -0.4 is 0 Å². The highest BCUT2D eigenvalue weighted by Crippen LogP contribution is 2.33. The average molecular weight is 357 g/mol. The maximum Gasteiger partial charge on any atom is 0.244 e. The number of benzene rings is 1. The zero-order valence-electron chi connectivity index (χ0n) is 10.9. The number of rotatable bonds is 6. The lowest BCUT2D eigenvalue weighted by Crippen LogP contribution is -2.44. The summed E-state index contributed by atoms with van der Waals surface area (Å²) in [7, 11) is -3.63. The second-order valence-corrected chi connectivity index (χ2v) is 7.90. The Labute approximate surface area is 134 Å². The van der Waals surface area contributed by atoms with Crippen LogP contribution in [0.3, 0.4) is 0 Å². The Morgan fingerprint density at radius 3 is 2.50 bits per heavy atom. The van der Waals surface area contributed by atoms with Crippen molar-refractivity contribution in [1.82, 2.24) is 4.31 Å². The Hall–Kier alpha value is -0.0000000000000000555. The Balaban J connectivity index is 2.36. The van der Waals surface area contributed by atoms with E-state index < -0.39 is 10.0 Å². The molecule has 0 atom stereocenters. The van der Waals surface area contributed by atoms with Gasteiger partial charge in [0.05, 0.1) is 5.02 Å². The average Bonchev–Trinajstić information content (AvgIpc) is 2.34. The van der Waals surface area contributed by atoms with Gasteiger partial charge in [-0.05, 0) is 37.5 Å². The highest BCUT2D eigenvalue weighted by molar-refractivity contribution is 7.89. The third-order valence-corrected chi connectivity index (χ3v) is 6.41. The summed E-state index contributed by atoms with van der Waals surface area (Å²) >= 11 is 17.6. The van der Waals surface area contributed by atoms with Crippen molar-refractivity contribution < 1.29 is 8.42 Å². The van der Waals surface area contributed by atoms with Crippen molar-refractivity contribution in [3.05, 3.63) is 28.2 Å². The van der Waals surface area contributed by atoms with E-state index in [4.69, 9.17) is 34.8 Å². The van der Waals surface area contributed by atoms with E-state index in [1.54, 1.807) is 6.07 Å². The molecule has 0 aromatic heterocycles. The molecule has 7 heteroatoms. The standard InChI is InChI=1S/C13H16Cl3NO2S/c14-7-2-8-17(11-3-1-4-11)20(18,19)13-9-10(15)5-6-12(13)16/h5-6,9,11H,1-4,7-8H2. The van der Waals surface area contributed by atoms with E-state index >= 15 is 0 Å². The molecule has 0 N–H and O–H groups in total. The van der Waals surface area contributed by atoms with E-state index in [2.05, 4.69) is 0 Å². The highest BCUT2D eigenvalue weighted by atomic mass is 35.5. The molecule has 1 aliphatic carbocycles. The molecule has 1 aromatic carbocycles. The van der Waals surface area contributed by atoms with Crippen LogP contribution in [0, 0.1) is 0 Å². The van der Waals surface area contributed by atoms with Crippen LogP contribution in [0.4, 0.5) is 0 Å². The fourth-order valence-electron chi connectivity index (χ4n) is 2.19. The van der Waals surface area contributed by atoms with E-state index in [1.165, 1.54) is 16.4 Å². The van der Waals surface area contributed by atoms with Gasteiger partial charge >= 0.3 is 0 Å². The summed E-state index contributed by atoms with van der Waals surface area (Å²) in [4.78, 5) is 0.0770. The van der Waals surface area contributed by atoms with Gasteiger partial charge in [0.1, 0.15) is 4.90 Å². The first-order valence-electron chi connectivity index (χ1n) is 6.49. The zero-order valence-corrected chi connectivity index (χ0v) is 13.9. The molecule has 1 aromatic rings. The first kappa shape index (κ1) is 16.4. The van der Waals surface area contributed by atoms with E-state index in [9.17, 15) is 8.42 Å². The molecule has 3 nitrogen and oxygen atoms in total. The maximum atomic E-state index is 12.8. The van der Waals surface area contributed by atoms with Gasteiger partial charge in [-0.1, -0.05) is 29.6 Å². The number of sulfonamides is 1. The molecule has 0 radical (unpaired) electrons. The molecule has 0 saturated heterocycles. The normalized spacial score (nSPS) is 16.4. The first-order chi connectivity index (χ1) is 9.46. The summed E-state index contributed by atoms with van der Waals surface area (Å²) in [5.74, 6) is 0.433. The molecule has 112 valence electrons. The number of hydrogen-bond donors (Lipinski definition) is 0. The first-order valence-corrected chi connectivity index (χ1v) is 9.22. The lowest BCUT2D eigenvalue weighted by atomic mass is 9.93. The third kappa shape index (κ3) is 3.42. The molecule has 20 heavy (non-hydrogen) atoms. The number of alkyl halides is 1. The molecular weight excluding hydrogens is 341 g/mol. The van der Waals surface area contributed by atoms with Gasteiger partial charge < -0.3 is 0 Å². The number of hydrogen-bond acceptors (Lipinski definition) is 2. The highest BCUT2D eigenvalue weighted by Gasteiger charge is 2.35. The minimum Gasteiger partial charge on any atom is -0.207 e. The Bertz CT molecular complexity index is 573. The molecule has 0 bridgehead atoms. The van der Waals surface area contributed by atoms with Crippen molar-refractivity contribution in [2.75, 3.05) is 12.4 Å². The quantitative estimate of drug-likeness (QED) is 0.718. The van der Waals surface area contributed by atoms with Gasteiger partial charge in [0.25, 0.3) is 0 Å². The minimum atomic E-state index is -3.63. The van der Waals surface area contributed by atoms with Gasteiger partial charge in [0, 0.05) is 23.5 Å². The number of nitrogens with zero attached hydrogens (tertiary/aromatic N) is 1. The van der Waals surface area contributed by atoms with E-state index in [1.807, 2.05) is 0 Å². The maximum absolute atomic E-state index is 12.8. The van der Waals surface area contributed by atoms with E-state index in [-0.39, 0.29) is 16.0 Å². The molecule has 1 saturated carbocycles. The van der Waals surface area contributed by atoms with Crippen LogP contribution >= 0.6 is 34.8 Å². The predicted octanol–water partition coefficient (Wildman–Crippen LogP) is 4.17. The summed E-state index contributed by atoms with van der Waals surface area (Å²) in [5, 5.41) is 0.559. The molecule has 0 heterocycles. The summed E-state index contributed by atoms with van der Waals surface area (Å²) < 4.78 is 27.1. The van der Waals surface area contributed by atoms with E-state index in [0.29, 0.717) is 23.9 Å². The van der Waals surface area contributed by atoms with Crippen molar-refractivity contribution in [2.45, 2.75) is 36.6 Å². The van der Waals surface area contributed by atoms with Crippen molar-refractivity contribution in [1.29, 1.82) is 0 Å². The van der Waals surface area contributed by atoms with Crippen LogP contribution in [-0.4, -0.2) is 31.2 Å². The largest absolute Gasteiger partial charge is 0.244 e. The SMILES string of the molecule is O=S(=O)(c1cc(Cl)ccc1Cl)N(CCCCl)C1CCC1. The fourth-order valence-corrected chi connectivity index (χ4v) is 4.77. The van der Waals surface area contributed by atoms with Crippen LogP contribution in [0.5, 0.6) is 0 Å². The summed E-state index contributed by atoms with van der Waals surface area (Å²) in [5.41, 5.74) is 0. The lowest BCUT2D eigenvalue weighted by Gasteiger charge is -2.36. The van der Waals surface area contributed by atoms with Crippen LogP contribution in [0.25, 0.3) is 0 Å². The molecule has 0 amide bonds. The predicted molar refractivity (Wildman–Crippen MR) is 83.3 cm³/mol. The second-order valence-electron chi connectivity index (χ2n) is 4.82. The lowest BCUT2D eigenvalue weighted by molar-refractivity contribution is 0.220. The van der Waals surface area contributed by atoms with Crippen LogP contribution in [0.15, 0.2) is 23.1 Å². The smallest absolute Gasteiger partial charge is 0.207 e. The molecule has 0 spiro atoms. The van der Waals surface area contributed by atoms with Gasteiger partial charge in [-0.3, -0.25) is 0 Å². The topological polar surface area (TPSA) is 37.4 Å². The molecule has 0 unspecified atom stereocenters. The monoisotopic (exact) mass is 355 g/mol. The molecule has 1 fully saturated rings. The Morgan fingerprint density at radius 2 is 1.95 bits per heavy atom. The molecule has 0 aliphatic heterocycles. The van der Waals surface area contributed by atoms with Gasteiger partial charge in [-0.25, -0.2) is 8.42 Å². The van der Waals surface area contributed by atoms with Crippen LogP contribution in [-0.2, 0) is 10.0 Å². The van der Waals surface area contributed by atoms with E-state index in [0.717, 1.165) is 19.3 Å². The fraction of sp³-hybridized carbons (Fsp3) is 0.538. The van der Waals surface area contributed by atoms with Gasteiger partial charge in [-0.2, -0.15) is 4.31 Å². The number of halogens is 3. The molecule has 1 aliphatic rings. The second kappa shape index (κ2) is 6.84. The van der Waals surface area contributed by atoms with Crippen molar-refractivity contribution in [3.8, 4) is 0 Å². The van der Waals surface area contributed by atoms with Crippen molar-refractivity contribution >= 4 is 44.8 Å². The summed E-state index contributed by atoms with van der Waals surface area (Å²) in [6, 6.07) is 4.55. The van der Waals surface area contributed by atoms with Gasteiger partial charge in [-0.15, -0.1) is 11.6 Å². The van der Waals surface area contributed by atoms with Crippen LogP contribution in [0.1, 0.15) is 25.7 Å². The zero-order chi connectivity index (χ0) is 14.8. The van der Waals surface area contributed by atoms with Crippen molar-refractivity contribution in [2.24, 2.45) is 0 Å². The third-order valence-electron chi connectivity index (χ3n) is 3.47. The van der Waals surface area contributed by atoms with Gasteiger partial charge in [0.2, 0.25) is 10.0 Å². The Kier molecular flexibility index (Phi) is 5.60. The molecular formula is C13H16Cl3NO2S. The minimum absolute atomic E-state index is 0.0539. The molecule has 2 rings (SSSR count).